The van der Waals surface area contributed by atoms with Crippen molar-refractivity contribution in [1.29, 1.82) is 0 Å². The first-order chi connectivity index (χ1) is 23.8. The Morgan fingerprint density at radius 2 is 0.750 bits per heavy atom. The maximum absolute atomic E-state index is 4.81. The molecule has 4 heteroatoms. The van der Waals surface area contributed by atoms with E-state index >= 15 is 0 Å². The monoisotopic (exact) mass is 610 g/mol. The van der Waals surface area contributed by atoms with Crippen LogP contribution in [0.4, 0.5) is 0 Å². The van der Waals surface area contributed by atoms with E-state index in [-0.39, 0.29) is 0 Å². The van der Waals surface area contributed by atoms with Gasteiger partial charge < -0.3 is 0 Å². The van der Waals surface area contributed by atoms with E-state index in [4.69, 9.17) is 19.9 Å². The molecule has 0 unspecified atom stereocenters. The topological polar surface area (TPSA) is 51.6 Å². The van der Waals surface area contributed by atoms with Crippen LogP contribution in [-0.2, 0) is 0 Å². The summed E-state index contributed by atoms with van der Waals surface area (Å²) in [6.07, 6.45) is 7.38. The van der Waals surface area contributed by atoms with E-state index in [0.717, 1.165) is 77.0 Å². The molecule has 0 atom stereocenters. The third-order valence-corrected chi connectivity index (χ3v) is 9.56. The maximum Gasteiger partial charge on any atom is 0.0970 e. The molecule has 4 aromatic heterocycles. The molecular formula is C44H26N4. The standard InChI is InChI=1S/C44H26N4/c1-2-10-35-27(7-1)13-14-29-21-28(15-16-36(29)35)32-22-33(39-25-30-8-3-17-45-41(30)43-37(39)11-5-19-47-43)24-34(23-32)40-26-31-9-4-18-46-42(31)44-38(40)12-6-20-48-44/h1-26H. The summed E-state index contributed by atoms with van der Waals surface area (Å²) >= 11 is 0. The molecule has 222 valence electrons. The van der Waals surface area contributed by atoms with Crippen LogP contribution in [0.3, 0.4) is 0 Å². The van der Waals surface area contributed by atoms with Gasteiger partial charge in [-0.3, -0.25) is 19.9 Å². The van der Waals surface area contributed by atoms with Gasteiger partial charge in [-0.1, -0.05) is 72.8 Å². The fraction of sp³-hybridized carbons (Fsp3) is 0. The number of hydrogen-bond donors (Lipinski definition) is 0. The molecule has 0 amide bonds. The molecule has 0 N–H and O–H groups in total. The van der Waals surface area contributed by atoms with Gasteiger partial charge in [0, 0.05) is 46.3 Å². The highest BCUT2D eigenvalue weighted by molar-refractivity contribution is 6.13. The Labute approximate surface area is 276 Å². The van der Waals surface area contributed by atoms with Crippen LogP contribution in [0.5, 0.6) is 0 Å². The third kappa shape index (κ3) is 4.16. The minimum absolute atomic E-state index is 0.904. The van der Waals surface area contributed by atoms with Crippen molar-refractivity contribution in [2.75, 3.05) is 0 Å². The second kappa shape index (κ2) is 10.5. The molecule has 4 heterocycles. The highest BCUT2D eigenvalue weighted by Crippen LogP contribution is 2.41. The Kier molecular flexibility index (Phi) is 5.84. The van der Waals surface area contributed by atoms with Crippen molar-refractivity contribution in [2.45, 2.75) is 0 Å². The van der Waals surface area contributed by atoms with E-state index in [9.17, 15) is 0 Å². The van der Waals surface area contributed by atoms with Crippen LogP contribution in [0.1, 0.15) is 0 Å². The Balaban J connectivity index is 1.28. The predicted octanol–water partition coefficient (Wildman–Crippen LogP) is 11.2. The van der Waals surface area contributed by atoms with Gasteiger partial charge in [0.25, 0.3) is 0 Å². The van der Waals surface area contributed by atoms with Crippen LogP contribution < -0.4 is 0 Å². The van der Waals surface area contributed by atoms with Gasteiger partial charge in [-0.25, -0.2) is 0 Å². The van der Waals surface area contributed by atoms with Crippen molar-refractivity contribution >= 4 is 65.2 Å². The van der Waals surface area contributed by atoms with Gasteiger partial charge in [-0.2, -0.15) is 0 Å². The van der Waals surface area contributed by atoms with Crippen LogP contribution >= 0.6 is 0 Å². The summed E-state index contributed by atoms with van der Waals surface area (Å²) < 4.78 is 0. The minimum atomic E-state index is 0.904. The zero-order chi connectivity index (χ0) is 31.6. The summed E-state index contributed by atoms with van der Waals surface area (Å²) in [5.74, 6) is 0. The lowest BCUT2D eigenvalue weighted by molar-refractivity contribution is 1.37. The number of aromatic nitrogens is 4. The minimum Gasteiger partial charge on any atom is -0.254 e. The summed E-state index contributed by atoms with van der Waals surface area (Å²) in [4.78, 5) is 19.1. The van der Waals surface area contributed by atoms with Crippen LogP contribution in [-0.4, -0.2) is 19.9 Å². The lowest BCUT2D eigenvalue weighted by Gasteiger charge is -2.16. The lowest BCUT2D eigenvalue weighted by atomic mass is 9.89. The second-order valence-electron chi connectivity index (χ2n) is 12.3. The van der Waals surface area contributed by atoms with Gasteiger partial charge in [-0.05, 0) is 116 Å². The number of pyridine rings is 4. The van der Waals surface area contributed by atoms with Crippen molar-refractivity contribution < 1.29 is 0 Å². The average Bonchev–Trinajstić information content (AvgIpc) is 3.16. The molecule has 0 aliphatic rings. The highest BCUT2D eigenvalue weighted by atomic mass is 14.7. The first kappa shape index (κ1) is 26.7. The molecular weight excluding hydrogens is 585 g/mol. The predicted molar refractivity (Wildman–Crippen MR) is 199 cm³/mol. The Morgan fingerprint density at radius 1 is 0.271 bits per heavy atom. The number of hydrogen-bond acceptors (Lipinski definition) is 4. The van der Waals surface area contributed by atoms with Crippen molar-refractivity contribution in [3.8, 4) is 33.4 Å². The van der Waals surface area contributed by atoms with Crippen molar-refractivity contribution in [3.63, 3.8) is 0 Å². The second-order valence-corrected chi connectivity index (χ2v) is 12.3. The fourth-order valence-corrected chi connectivity index (χ4v) is 7.33. The van der Waals surface area contributed by atoms with Crippen LogP contribution in [0.15, 0.2) is 158 Å². The molecule has 0 bridgehead atoms. The third-order valence-electron chi connectivity index (χ3n) is 9.56. The number of nitrogens with zero attached hydrogens (tertiary/aromatic N) is 4. The fourth-order valence-electron chi connectivity index (χ4n) is 7.33. The van der Waals surface area contributed by atoms with E-state index in [1.165, 1.54) is 21.5 Å². The van der Waals surface area contributed by atoms with Gasteiger partial charge in [0.05, 0.1) is 22.1 Å². The lowest BCUT2D eigenvalue weighted by Crippen LogP contribution is -1.92. The normalized spacial score (nSPS) is 11.8. The molecule has 0 spiro atoms. The Bertz CT molecular complexity index is 2770. The van der Waals surface area contributed by atoms with E-state index in [1.807, 2.05) is 49.1 Å². The zero-order valence-corrected chi connectivity index (χ0v) is 25.8. The van der Waals surface area contributed by atoms with E-state index in [1.54, 1.807) is 0 Å². The Morgan fingerprint density at radius 3 is 1.40 bits per heavy atom. The molecule has 10 rings (SSSR count). The molecule has 48 heavy (non-hydrogen) atoms. The summed E-state index contributed by atoms with van der Waals surface area (Å²) in [5.41, 5.74) is 10.4. The molecule has 0 saturated carbocycles. The molecule has 0 saturated heterocycles. The summed E-state index contributed by atoms with van der Waals surface area (Å²) in [7, 11) is 0. The van der Waals surface area contributed by atoms with E-state index < -0.39 is 0 Å². The molecule has 0 fully saturated rings. The van der Waals surface area contributed by atoms with Gasteiger partial charge in [0.15, 0.2) is 0 Å². The number of benzene rings is 6. The van der Waals surface area contributed by atoms with Crippen molar-refractivity contribution in [2.24, 2.45) is 0 Å². The van der Waals surface area contributed by atoms with Gasteiger partial charge in [0.1, 0.15) is 0 Å². The van der Waals surface area contributed by atoms with E-state index in [0.29, 0.717) is 0 Å². The summed E-state index contributed by atoms with van der Waals surface area (Å²) in [6.45, 7) is 0. The summed E-state index contributed by atoms with van der Waals surface area (Å²) in [6, 6.07) is 47.9. The molecule has 4 nitrogen and oxygen atoms in total. The first-order valence-electron chi connectivity index (χ1n) is 16.1. The summed E-state index contributed by atoms with van der Waals surface area (Å²) in [5, 5.41) is 9.27. The largest absolute Gasteiger partial charge is 0.254 e. The zero-order valence-electron chi connectivity index (χ0n) is 25.8. The van der Waals surface area contributed by atoms with Crippen LogP contribution in [0, 0.1) is 0 Å². The van der Waals surface area contributed by atoms with E-state index in [2.05, 4.69) is 109 Å². The van der Waals surface area contributed by atoms with Gasteiger partial charge in [-0.15, -0.1) is 0 Å². The molecule has 0 aliphatic heterocycles. The smallest absolute Gasteiger partial charge is 0.0970 e. The number of rotatable bonds is 3. The first-order valence-corrected chi connectivity index (χ1v) is 16.1. The quantitative estimate of drug-likeness (QED) is 0.187. The van der Waals surface area contributed by atoms with Gasteiger partial charge in [0.2, 0.25) is 0 Å². The maximum atomic E-state index is 4.81. The molecule has 10 aromatic rings. The number of fused-ring (bicyclic) bond motifs is 9. The van der Waals surface area contributed by atoms with Crippen molar-refractivity contribution in [3.05, 3.63) is 158 Å². The SMILES string of the molecule is c1ccc2c(c1)ccc1cc(-c3cc(-c4cc5cccnc5c5ncccc45)cc(-c4cc5cccnc5c5ncccc45)c3)ccc12. The van der Waals surface area contributed by atoms with Crippen LogP contribution in [0.25, 0.3) is 98.5 Å². The van der Waals surface area contributed by atoms with Gasteiger partial charge >= 0.3 is 0 Å². The highest BCUT2D eigenvalue weighted by Gasteiger charge is 2.16. The molecule has 0 radical (unpaired) electrons. The molecule has 0 aliphatic carbocycles. The Hall–Kier alpha value is -6.52. The van der Waals surface area contributed by atoms with Crippen LogP contribution in [0.2, 0.25) is 0 Å². The average molecular weight is 611 g/mol. The van der Waals surface area contributed by atoms with Crippen molar-refractivity contribution in [1.82, 2.24) is 19.9 Å². The molecule has 6 aromatic carbocycles.